The van der Waals surface area contributed by atoms with Crippen LogP contribution in [0.25, 0.3) is 0 Å². The van der Waals surface area contributed by atoms with Crippen LogP contribution in [-0.2, 0) is 0 Å². The third-order valence-electron chi connectivity index (χ3n) is 2.25. The molecule has 0 unspecified atom stereocenters. The lowest BCUT2D eigenvalue weighted by Gasteiger charge is -2.17. The third kappa shape index (κ3) is 3.06. The van der Waals surface area contributed by atoms with Crippen molar-refractivity contribution in [2.45, 2.75) is 6.92 Å². The Morgan fingerprint density at radius 1 is 1.53 bits per heavy atom. The maximum Gasteiger partial charge on any atom is 0.255 e. The molecule has 17 heavy (non-hydrogen) atoms. The molecule has 1 amide bonds. The lowest BCUT2D eigenvalue weighted by atomic mass is 10.1. The quantitative estimate of drug-likeness (QED) is 0.586. The zero-order chi connectivity index (χ0) is 12.8. The first-order valence-corrected chi connectivity index (χ1v) is 4.96. The second-order valence-electron chi connectivity index (χ2n) is 3.48. The summed E-state index contributed by atoms with van der Waals surface area (Å²) >= 11 is 0. The van der Waals surface area contributed by atoms with Crippen LogP contribution in [0.4, 0.5) is 4.39 Å². The number of terminal acetylenes is 1. The monoisotopic (exact) mass is 230 g/mol. The van der Waals surface area contributed by atoms with Crippen molar-refractivity contribution >= 4 is 5.91 Å². The average molecular weight is 230 g/mol. The molecule has 0 bridgehead atoms. The first-order valence-electron chi connectivity index (χ1n) is 4.96. The fourth-order valence-electron chi connectivity index (χ4n) is 1.43. The van der Waals surface area contributed by atoms with Crippen LogP contribution >= 0.6 is 0 Å². The minimum Gasteiger partial charge on any atom is -0.314 e. The minimum atomic E-state index is -0.400. The zero-order valence-corrected chi connectivity index (χ0v) is 9.40. The Bertz CT molecular complexity index is 495. The molecule has 0 saturated heterocycles. The van der Waals surface area contributed by atoms with Gasteiger partial charge < -0.3 is 4.90 Å². The zero-order valence-electron chi connectivity index (χ0n) is 9.40. The van der Waals surface area contributed by atoms with Gasteiger partial charge in [0, 0.05) is 5.56 Å². The molecule has 0 aliphatic rings. The Kier molecular flexibility index (Phi) is 4.25. The molecule has 0 aliphatic carbocycles. The maximum absolute atomic E-state index is 12.9. The van der Waals surface area contributed by atoms with E-state index >= 15 is 0 Å². The van der Waals surface area contributed by atoms with Crippen LogP contribution < -0.4 is 0 Å². The fourth-order valence-corrected chi connectivity index (χ4v) is 1.43. The topological polar surface area (TPSA) is 44.1 Å². The van der Waals surface area contributed by atoms with Gasteiger partial charge in [-0.05, 0) is 30.7 Å². The molecule has 0 spiro atoms. The summed E-state index contributed by atoms with van der Waals surface area (Å²) in [5.41, 5.74) is 0.881. The van der Waals surface area contributed by atoms with Crippen molar-refractivity contribution in [3.8, 4) is 18.4 Å². The van der Waals surface area contributed by atoms with Crippen LogP contribution in [0.3, 0.4) is 0 Å². The van der Waals surface area contributed by atoms with E-state index in [0.717, 1.165) is 0 Å². The number of hydrogen-bond acceptors (Lipinski definition) is 2. The van der Waals surface area contributed by atoms with Crippen molar-refractivity contribution < 1.29 is 9.18 Å². The molecular formula is C13H11FN2O. The predicted octanol–water partition coefficient (Wildman–Crippen LogP) is 1.73. The first kappa shape index (κ1) is 12.7. The molecule has 1 rings (SSSR count). The largest absolute Gasteiger partial charge is 0.314 e. The van der Waals surface area contributed by atoms with Crippen LogP contribution in [0, 0.1) is 36.4 Å². The molecule has 0 aromatic heterocycles. The van der Waals surface area contributed by atoms with Gasteiger partial charge in [0.25, 0.3) is 5.91 Å². The van der Waals surface area contributed by atoms with E-state index < -0.39 is 5.82 Å². The molecular weight excluding hydrogens is 219 g/mol. The van der Waals surface area contributed by atoms with E-state index in [2.05, 4.69) is 5.92 Å². The lowest BCUT2D eigenvalue weighted by molar-refractivity contribution is 0.0794. The van der Waals surface area contributed by atoms with E-state index in [-0.39, 0.29) is 19.0 Å². The van der Waals surface area contributed by atoms with Crippen LogP contribution in [0.1, 0.15) is 15.9 Å². The third-order valence-corrected chi connectivity index (χ3v) is 2.25. The van der Waals surface area contributed by atoms with Gasteiger partial charge in [-0.3, -0.25) is 4.79 Å². The summed E-state index contributed by atoms with van der Waals surface area (Å²) in [5.74, 6) is 1.55. The summed E-state index contributed by atoms with van der Waals surface area (Å²) in [5, 5.41) is 8.60. The predicted molar refractivity (Wildman–Crippen MR) is 61.5 cm³/mol. The molecule has 0 saturated carbocycles. The number of aryl methyl sites for hydroxylation is 1. The average Bonchev–Trinajstić information content (AvgIpc) is 2.28. The molecule has 1 aromatic carbocycles. The first-order chi connectivity index (χ1) is 8.10. The molecule has 3 nitrogen and oxygen atoms in total. The molecule has 1 aromatic rings. The number of hydrogen-bond donors (Lipinski definition) is 0. The molecule has 4 heteroatoms. The highest BCUT2D eigenvalue weighted by Gasteiger charge is 2.16. The summed E-state index contributed by atoms with van der Waals surface area (Å²) in [6, 6.07) is 5.75. The minimum absolute atomic E-state index is 0.0587. The van der Waals surface area contributed by atoms with E-state index in [0.29, 0.717) is 11.1 Å². The van der Waals surface area contributed by atoms with Crippen molar-refractivity contribution in [3.05, 3.63) is 35.1 Å². The van der Waals surface area contributed by atoms with Gasteiger partial charge in [0.2, 0.25) is 0 Å². The molecule has 86 valence electrons. The Labute approximate surface area is 99.5 Å². The number of nitriles is 1. The smallest absolute Gasteiger partial charge is 0.255 e. The molecule has 0 fully saturated rings. The van der Waals surface area contributed by atoms with Crippen molar-refractivity contribution in [2.24, 2.45) is 0 Å². The lowest BCUT2D eigenvalue weighted by Crippen LogP contribution is -2.32. The SMILES string of the molecule is C#CCN(CC#N)C(=O)c1ccc(F)cc1C. The standard InChI is InChI=1S/C13H11FN2O/c1-3-7-16(8-6-15)13(17)12-5-4-11(14)9-10(12)2/h1,4-5,9H,7-8H2,2H3. The highest BCUT2D eigenvalue weighted by atomic mass is 19.1. The number of benzene rings is 1. The molecule has 0 atom stereocenters. The van der Waals surface area contributed by atoms with Gasteiger partial charge in [0.1, 0.15) is 12.4 Å². The second kappa shape index (κ2) is 5.67. The number of nitrogens with zero attached hydrogens (tertiary/aromatic N) is 2. The second-order valence-corrected chi connectivity index (χ2v) is 3.48. The Balaban J connectivity index is 3.02. The molecule has 0 heterocycles. The van der Waals surface area contributed by atoms with Gasteiger partial charge in [0.05, 0.1) is 12.6 Å². The molecule has 0 N–H and O–H groups in total. The Morgan fingerprint density at radius 2 is 2.24 bits per heavy atom. The number of halogens is 1. The van der Waals surface area contributed by atoms with Crippen LogP contribution in [0.5, 0.6) is 0 Å². The fraction of sp³-hybridized carbons (Fsp3) is 0.231. The van der Waals surface area contributed by atoms with Gasteiger partial charge in [-0.1, -0.05) is 5.92 Å². The maximum atomic E-state index is 12.9. The van der Waals surface area contributed by atoms with Gasteiger partial charge in [-0.2, -0.15) is 5.26 Å². The summed E-state index contributed by atoms with van der Waals surface area (Å²) < 4.78 is 12.9. The van der Waals surface area contributed by atoms with Gasteiger partial charge in [0.15, 0.2) is 0 Å². The van der Waals surface area contributed by atoms with Gasteiger partial charge in [-0.25, -0.2) is 4.39 Å². The van der Waals surface area contributed by atoms with Crippen molar-refractivity contribution in [1.82, 2.24) is 4.90 Å². The normalized spacial score (nSPS) is 9.18. The van der Waals surface area contributed by atoms with Gasteiger partial charge >= 0.3 is 0 Å². The van der Waals surface area contributed by atoms with Crippen molar-refractivity contribution in [3.63, 3.8) is 0 Å². The van der Waals surface area contributed by atoms with Crippen molar-refractivity contribution in [1.29, 1.82) is 5.26 Å². The van der Waals surface area contributed by atoms with E-state index in [1.165, 1.54) is 23.1 Å². The summed E-state index contributed by atoms with van der Waals surface area (Å²) in [4.78, 5) is 13.3. The highest BCUT2D eigenvalue weighted by Crippen LogP contribution is 2.12. The molecule has 0 aliphatic heterocycles. The van der Waals surface area contributed by atoms with E-state index in [4.69, 9.17) is 11.7 Å². The Morgan fingerprint density at radius 3 is 2.76 bits per heavy atom. The number of carbonyl (C=O) groups excluding carboxylic acids is 1. The van der Waals surface area contributed by atoms with Crippen LogP contribution in [0.2, 0.25) is 0 Å². The number of amides is 1. The van der Waals surface area contributed by atoms with E-state index in [9.17, 15) is 9.18 Å². The summed E-state index contributed by atoms with van der Waals surface area (Å²) in [6.07, 6.45) is 5.12. The Hall–Kier alpha value is -2.33. The number of carbonyl (C=O) groups is 1. The van der Waals surface area contributed by atoms with Crippen LogP contribution in [0.15, 0.2) is 18.2 Å². The number of rotatable bonds is 3. The summed E-state index contributed by atoms with van der Waals surface area (Å²) in [6.45, 7) is 1.61. The van der Waals surface area contributed by atoms with Gasteiger partial charge in [-0.15, -0.1) is 6.42 Å². The van der Waals surface area contributed by atoms with E-state index in [1.54, 1.807) is 6.92 Å². The van der Waals surface area contributed by atoms with Crippen molar-refractivity contribution in [2.75, 3.05) is 13.1 Å². The van der Waals surface area contributed by atoms with E-state index in [1.807, 2.05) is 6.07 Å². The van der Waals surface area contributed by atoms with Crippen LogP contribution in [-0.4, -0.2) is 23.9 Å². The highest BCUT2D eigenvalue weighted by molar-refractivity contribution is 5.95. The summed E-state index contributed by atoms with van der Waals surface area (Å²) in [7, 11) is 0. The molecule has 0 radical (unpaired) electrons.